The molecule has 0 unspecified atom stereocenters. The Hall–Kier alpha value is -1.97. The van der Waals surface area contributed by atoms with Crippen LogP contribution in [0.4, 0.5) is 0 Å². The van der Waals surface area contributed by atoms with Crippen LogP contribution < -0.4 is 48.5 Å². The number of fused-ring (bicyclic) bond motifs is 4. The molecule has 0 aliphatic carbocycles. The van der Waals surface area contributed by atoms with Crippen molar-refractivity contribution in [3.63, 3.8) is 0 Å². The summed E-state index contributed by atoms with van der Waals surface area (Å²) in [6.45, 7) is -0.264. The van der Waals surface area contributed by atoms with Gasteiger partial charge in [-0.3, -0.25) is 0 Å². The maximum atomic E-state index is 11.9. The summed E-state index contributed by atoms with van der Waals surface area (Å²) < 4.78 is 22.7. The summed E-state index contributed by atoms with van der Waals surface area (Å²) in [5.41, 5.74) is 1.54. The number of carboxylic acids is 1. The number of rotatable bonds is 3. The second kappa shape index (κ2) is 7.70. The van der Waals surface area contributed by atoms with Gasteiger partial charge in [0.05, 0.1) is 12.2 Å². The van der Waals surface area contributed by atoms with E-state index in [2.05, 4.69) is 15.9 Å². The van der Waals surface area contributed by atoms with Crippen molar-refractivity contribution in [3.8, 4) is 34.1 Å². The van der Waals surface area contributed by atoms with Crippen LogP contribution in [0.2, 0.25) is 0 Å². The van der Waals surface area contributed by atoms with Crippen molar-refractivity contribution < 1.29 is 64.9 Å². The van der Waals surface area contributed by atoms with Gasteiger partial charge >= 0.3 is 35.5 Å². The van der Waals surface area contributed by atoms with Crippen molar-refractivity contribution in [2.24, 2.45) is 0 Å². The predicted octanol–water partition coefficient (Wildman–Crippen LogP) is 1.03. The summed E-state index contributed by atoms with van der Waals surface area (Å²) >= 11 is 3.50. The number of aliphatic hydroxyl groups excluding tert-OH is 1. The van der Waals surface area contributed by atoms with Gasteiger partial charge in [0.1, 0.15) is 0 Å². The molecule has 144 valence electrons. The minimum absolute atomic E-state index is 0. The van der Waals surface area contributed by atoms with Crippen LogP contribution in [0.3, 0.4) is 0 Å². The molecular weight excluding hydrogens is 455 g/mol. The number of aromatic carboxylic acids is 1. The van der Waals surface area contributed by atoms with Crippen molar-refractivity contribution in [2.75, 3.05) is 13.6 Å². The standard InChI is InChI=1S/C20H13BrO7.Na.H/c21-13-5-16-19(28-8-27-16)18-11(13)4-10(20(23)24)12(6-22)17(18)9-1-2-14-15(3-9)26-7-25-14;;/h1-5,22H,6-8H2,(H,23,24);;/q;+1;-1. The van der Waals surface area contributed by atoms with Crippen LogP contribution in [0.1, 0.15) is 17.3 Å². The van der Waals surface area contributed by atoms with E-state index in [9.17, 15) is 15.0 Å². The SMILES string of the molecule is O=C(O)c1cc2c(Br)cc3c(c2c(-c2ccc4c(c2)OCO4)c1CO)OCO3.[H-].[Na+]. The molecule has 0 aromatic heterocycles. The number of halogens is 1. The van der Waals surface area contributed by atoms with Gasteiger partial charge in [-0.1, -0.05) is 22.0 Å². The number of ether oxygens (including phenoxy) is 4. The first-order valence-corrected chi connectivity index (χ1v) is 9.19. The molecule has 7 nitrogen and oxygen atoms in total. The molecular formula is C20H14BrNaO7. The molecule has 0 saturated heterocycles. The van der Waals surface area contributed by atoms with E-state index in [1.165, 1.54) is 6.07 Å². The van der Waals surface area contributed by atoms with Gasteiger partial charge < -0.3 is 30.6 Å². The van der Waals surface area contributed by atoms with Crippen LogP contribution in [-0.4, -0.2) is 29.8 Å². The summed E-state index contributed by atoms with van der Waals surface area (Å²) in [6.07, 6.45) is 0. The molecule has 29 heavy (non-hydrogen) atoms. The molecule has 5 rings (SSSR count). The van der Waals surface area contributed by atoms with E-state index in [-0.39, 0.29) is 55.7 Å². The quantitative estimate of drug-likeness (QED) is 0.554. The Balaban J connectivity index is 0.00000128. The van der Waals surface area contributed by atoms with E-state index in [4.69, 9.17) is 18.9 Å². The molecule has 0 fully saturated rings. The molecule has 0 amide bonds. The number of hydrogen-bond donors (Lipinski definition) is 2. The molecule has 0 spiro atoms. The normalized spacial score (nSPS) is 13.4. The largest absolute Gasteiger partial charge is 1.00 e. The topological polar surface area (TPSA) is 94.5 Å². The predicted molar refractivity (Wildman–Crippen MR) is 103 cm³/mol. The first kappa shape index (κ1) is 20.3. The fourth-order valence-corrected chi connectivity index (χ4v) is 4.18. The molecule has 2 heterocycles. The van der Waals surface area contributed by atoms with Crippen molar-refractivity contribution in [2.45, 2.75) is 6.61 Å². The summed E-state index contributed by atoms with van der Waals surface area (Å²) in [7, 11) is 0. The molecule has 0 atom stereocenters. The van der Waals surface area contributed by atoms with Crippen molar-refractivity contribution in [1.82, 2.24) is 0 Å². The third-order valence-corrected chi connectivity index (χ3v) is 5.52. The minimum Gasteiger partial charge on any atom is -1.00 e. The van der Waals surface area contributed by atoms with Crippen molar-refractivity contribution in [1.29, 1.82) is 0 Å². The zero-order valence-electron chi connectivity index (χ0n) is 16.3. The van der Waals surface area contributed by atoms with Crippen molar-refractivity contribution in [3.05, 3.63) is 45.9 Å². The Morgan fingerprint density at radius 3 is 2.52 bits per heavy atom. The van der Waals surface area contributed by atoms with Crippen LogP contribution in [0.15, 0.2) is 34.8 Å². The average Bonchev–Trinajstić information content (AvgIpc) is 3.34. The average molecular weight is 469 g/mol. The third kappa shape index (κ3) is 3.15. The van der Waals surface area contributed by atoms with Crippen LogP contribution in [0.25, 0.3) is 21.9 Å². The van der Waals surface area contributed by atoms with Gasteiger partial charge in [-0.05, 0) is 35.4 Å². The number of aliphatic hydroxyl groups is 1. The Bertz CT molecular complexity index is 1170. The third-order valence-electron chi connectivity index (χ3n) is 4.87. The van der Waals surface area contributed by atoms with E-state index in [1.807, 2.05) is 0 Å². The number of benzene rings is 3. The second-order valence-corrected chi connectivity index (χ2v) is 7.18. The molecule has 0 saturated carbocycles. The van der Waals surface area contributed by atoms with Gasteiger partial charge in [0.25, 0.3) is 0 Å². The van der Waals surface area contributed by atoms with Crippen LogP contribution in [0, 0.1) is 0 Å². The van der Waals surface area contributed by atoms with E-state index in [1.54, 1.807) is 24.3 Å². The molecule has 2 aliphatic heterocycles. The monoisotopic (exact) mass is 468 g/mol. The smallest absolute Gasteiger partial charge is 1.00 e. The van der Waals surface area contributed by atoms with E-state index in [0.29, 0.717) is 49.4 Å². The molecule has 2 N–H and O–H groups in total. The van der Waals surface area contributed by atoms with E-state index in [0.717, 1.165) is 0 Å². The number of carbonyl (C=O) groups is 1. The van der Waals surface area contributed by atoms with Crippen LogP contribution in [-0.2, 0) is 6.61 Å². The summed E-state index contributed by atoms with van der Waals surface area (Å²) in [5, 5.41) is 21.1. The fraction of sp³-hybridized carbons (Fsp3) is 0.150. The zero-order valence-corrected chi connectivity index (χ0v) is 18.9. The second-order valence-electron chi connectivity index (χ2n) is 6.32. The maximum Gasteiger partial charge on any atom is 1.00 e. The van der Waals surface area contributed by atoms with Gasteiger partial charge in [0, 0.05) is 20.8 Å². The summed E-state index contributed by atoms with van der Waals surface area (Å²) in [4.78, 5) is 11.9. The van der Waals surface area contributed by atoms with Gasteiger partial charge in [-0.25, -0.2) is 4.79 Å². The molecule has 2 aliphatic rings. The number of carboxylic acid groups (broad SMARTS) is 1. The Morgan fingerprint density at radius 2 is 1.76 bits per heavy atom. The Kier molecular flexibility index (Phi) is 5.39. The summed E-state index contributed by atoms with van der Waals surface area (Å²) in [5.74, 6) is 1.10. The van der Waals surface area contributed by atoms with E-state index < -0.39 is 12.6 Å². The van der Waals surface area contributed by atoms with Gasteiger partial charge in [0.15, 0.2) is 23.0 Å². The molecule has 9 heteroatoms. The Morgan fingerprint density at radius 1 is 1.03 bits per heavy atom. The van der Waals surface area contributed by atoms with Gasteiger partial charge in [-0.15, -0.1) is 0 Å². The molecule has 3 aromatic carbocycles. The fourth-order valence-electron chi connectivity index (χ4n) is 3.66. The molecule has 3 aromatic rings. The minimum atomic E-state index is -1.13. The van der Waals surface area contributed by atoms with Crippen LogP contribution >= 0.6 is 15.9 Å². The molecule has 0 bridgehead atoms. The van der Waals surface area contributed by atoms with Crippen molar-refractivity contribution >= 4 is 32.7 Å². The van der Waals surface area contributed by atoms with E-state index >= 15 is 0 Å². The van der Waals surface area contributed by atoms with Gasteiger partial charge in [-0.2, -0.15) is 0 Å². The zero-order chi connectivity index (χ0) is 19.4. The summed E-state index contributed by atoms with van der Waals surface area (Å²) in [6, 6.07) is 8.61. The number of hydrogen-bond acceptors (Lipinski definition) is 6. The molecule has 0 radical (unpaired) electrons. The van der Waals surface area contributed by atoms with Gasteiger partial charge in [0.2, 0.25) is 13.6 Å². The first-order valence-electron chi connectivity index (χ1n) is 8.40. The Labute approximate surface area is 197 Å². The maximum absolute atomic E-state index is 11.9. The first-order chi connectivity index (χ1) is 13.6. The van der Waals surface area contributed by atoms with Crippen LogP contribution in [0.5, 0.6) is 23.0 Å².